The van der Waals surface area contributed by atoms with Crippen LogP contribution in [0.2, 0.25) is 0 Å². The van der Waals surface area contributed by atoms with Crippen LogP contribution >= 0.6 is 0 Å². The van der Waals surface area contributed by atoms with Gasteiger partial charge in [0.1, 0.15) is 11.2 Å². The van der Waals surface area contributed by atoms with Crippen molar-refractivity contribution in [1.82, 2.24) is 4.90 Å². The average Bonchev–Trinajstić information content (AvgIpc) is 3.56. The second kappa shape index (κ2) is 8.57. The highest BCUT2D eigenvalue weighted by atomic mass is 16.5. The maximum absolute atomic E-state index is 10.6. The predicted octanol–water partition coefficient (Wildman–Crippen LogP) is 5.00. The SMILES string of the molecule is [2H]C([2H])(c1ccc2c(c1)CCO2)C([2H])([2H])N1CC[C@@H](C(C#N)(c2ccccc2)c2ccccc2)C1. The van der Waals surface area contributed by atoms with Gasteiger partial charge in [-0.25, -0.2) is 0 Å². The molecule has 0 radical (unpaired) electrons. The van der Waals surface area contributed by atoms with Gasteiger partial charge in [0, 0.05) is 24.9 Å². The fourth-order valence-electron chi connectivity index (χ4n) is 4.88. The summed E-state index contributed by atoms with van der Waals surface area (Å²) >= 11 is 0. The van der Waals surface area contributed by atoms with Crippen molar-refractivity contribution in [2.75, 3.05) is 26.2 Å². The number of aryl methyl sites for hydroxylation is 1. The van der Waals surface area contributed by atoms with E-state index in [4.69, 9.17) is 10.2 Å². The Hall–Kier alpha value is -3.09. The standard InChI is InChI=1S/C28H28N2O/c29-21-28(24-7-3-1-4-8-24,25-9-5-2-6-10-25)26-14-17-30(20-26)16-13-22-11-12-27-23(19-22)15-18-31-27/h1-12,19,26H,13-18,20H2/t26-/m1/s1/i13D2,16D2. The fourth-order valence-corrected chi connectivity index (χ4v) is 4.88. The molecule has 0 unspecified atom stereocenters. The van der Waals surface area contributed by atoms with Crippen LogP contribution in [0.4, 0.5) is 0 Å². The first-order chi connectivity index (χ1) is 16.8. The molecule has 0 amide bonds. The molecule has 0 bridgehead atoms. The van der Waals surface area contributed by atoms with E-state index in [9.17, 15) is 5.26 Å². The van der Waals surface area contributed by atoms with Crippen molar-refractivity contribution >= 4 is 0 Å². The van der Waals surface area contributed by atoms with Crippen molar-refractivity contribution in [3.8, 4) is 11.8 Å². The number of likely N-dealkylation sites (tertiary alicyclic amines) is 1. The third-order valence-electron chi connectivity index (χ3n) is 6.48. The Kier molecular flexibility index (Phi) is 4.33. The summed E-state index contributed by atoms with van der Waals surface area (Å²) in [7, 11) is 0. The summed E-state index contributed by atoms with van der Waals surface area (Å²) in [5.74, 6) is 0.549. The maximum atomic E-state index is 10.6. The minimum Gasteiger partial charge on any atom is -0.493 e. The van der Waals surface area contributed by atoms with Gasteiger partial charge in [0.15, 0.2) is 0 Å². The maximum Gasteiger partial charge on any atom is 0.122 e. The van der Waals surface area contributed by atoms with Crippen molar-refractivity contribution in [2.45, 2.75) is 24.6 Å². The molecule has 3 aromatic rings. The number of nitrogens with zero attached hydrogens (tertiary/aromatic N) is 2. The van der Waals surface area contributed by atoms with Gasteiger partial charge < -0.3 is 9.64 Å². The molecule has 2 aliphatic heterocycles. The summed E-state index contributed by atoms with van der Waals surface area (Å²) in [4.78, 5) is 1.58. The van der Waals surface area contributed by atoms with Crippen molar-refractivity contribution in [3.63, 3.8) is 0 Å². The smallest absolute Gasteiger partial charge is 0.122 e. The number of rotatable bonds is 6. The molecule has 0 N–H and O–H groups in total. The number of ether oxygens (including phenoxy) is 1. The lowest BCUT2D eigenvalue weighted by Gasteiger charge is -2.34. The molecule has 3 nitrogen and oxygen atoms in total. The topological polar surface area (TPSA) is 36.3 Å². The lowest BCUT2D eigenvalue weighted by molar-refractivity contribution is 0.308. The molecule has 0 saturated carbocycles. The molecular weight excluding hydrogens is 380 g/mol. The first-order valence-electron chi connectivity index (χ1n) is 12.8. The van der Waals surface area contributed by atoms with Gasteiger partial charge in [-0.3, -0.25) is 0 Å². The third-order valence-corrected chi connectivity index (χ3v) is 6.48. The molecule has 1 atom stereocenters. The summed E-state index contributed by atoms with van der Waals surface area (Å²) in [5, 5.41) is 10.6. The van der Waals surface area contributed by atoms with Gasteiger partial charge in [0.25, 0.3) is 0 Å². The first kappa shape index (κ1) is 15.7. The molecule has 3 aromatic carbocycles. The van der Waals surface area contributed by atoms with Crippen LogP contribution in [0.1, 0.15) is 34.2 Å². The van der Waals surface area contributed by atoms with Gasteiger partial charge in [-0.05, 0) is 53.6 Å². The zero-order chi connectivity index (χ0) is 24.7. The first-order valence-corrected chi connectivity index (χ1v) is 10.8. The Balaban J connectivity index is 1.49. The van der Waals surface area contributed by atoms with Gasteiger partial charge in [-0.15, -0.1) is 0 Å². The van der Waals surface area contributed by atoms with E-state index in [0.29, 0.717) is 31.6 Å². The lowest BCUT2D eigenvalue weighted by Crippen LogP contribution is -2.37. The Morgan fingerprint density at radius 3 is 2.42 bits per heavy atom. The Morgan fingerprint density at radius 2 is 1.74 bits per heavy atom. The van der Waals surface area contributed by atoms with Gasteiger partial charge in [0.2, 0.25) is 0 Å². The van der Waals surface area contributed by atoms with E-state index in [1.807, 2.05) is 60.7 Å². The molecule has 31 heavy (non-hydrogen) atoms. The van der Waals surface area contributed by atoms with Crippen LogP contribution in [0, 0.1) is 17.2 Å². The van der Waals surface area contributed by atoms with Crippen LogP contribution < -0.4 is 4.74 Å². The van der Waals surface area contributed by atoms with Crippen molar-refractivity contribution < 1.29 is 10.2 Å². The average molecular weight is 413 g/mol. The molecular formula is C28H28N2O. The van der Waals surface area contributed by atoms with E-state index < -0.39 is 18.3 Å². The largest absolute Gasteiger partial charge is 0.493 e. The molecule has 1 fully saturated rings. The molecule has 156 valence electrons. The van der Waals surface area contributed by atoms with Gasteiger partial charge in [-0.1, -0.05) is 72.8 Å². The van der Waals surface area contributed by atoms with E-state index in [1.54, 1.807) is 23.1 Å². The molecule has 0 aliphatic carbocycles. The monoisotopic (exact) mass is 412 g/mol. The lowest BCUT2D eigenvalue weighted by atomic mass is 9.66. The van der Waals surface area contributed by atoms with E-state index in [-0.39, 0.29) is 12.5 Å². The van der Waals surface area contributed by atoms with E-state index in [2.05, 4.69) is 6.07 Å². The summed E-state index contributed by atoms with van der Waals surface area (Å²) in [6.07, 6.45) is -0.952. The van der Waals surface area contributed by atoms with Crippen molar-refractivity contribution in [3.05, 3.63) is 101 Å². The van der Waals surface area contributed by atoms with Gasteiger partial charge in [0.05, 0.1) is 12.7 Å². The number of nitriles is 1. The van der Waals surface area contributed by atoms with E-state index >= 15 is 0 Å². The van der Waals surface area contributed by atoms with Crippen LogP contribution in [-0.2, 0) is 18.2 Å². The number of hydrogen-bond donors (Lipinski definition) is 0. The summed E-state index contributed by atoms with van der Waals surface area (Å²) in [6.45, 7) is -1.05. The number of hydrogen-bond acceptors (Lipinski definition) is 3. The second-order valence-electron chi connectivity index (χ2n) is 8.24. The van der Waals surface area contributed by atoms with Crippen molar-refractivity contribution in [1.29, 1.82) is 5.26 Å². The van der Waals surface area contributed by atoms with Crippen molar-refractivity contribution in [2.24, 2.45) is 5.92 Å². The molecule has 2 heterocycles. The molecule has 2 aliphatic rings. The minimum absolute atomic E-state index is 0.198. The predicted molar refractivity (Wildman–Crippen MR) is 123 cm³/mol. The second-order valence-corrected chi connectivity index (χ2v) is 8.24. The zero-order valence-electron chi connectivity index (χ0n) is 21.4. The molecule has 5 rings (SSSR count). The number of benzene rings is 3. The Bertz CT molecular complexity index is 1200. The highest BCUT2D eigenvalue weighted by Gasteiger charge is 2.45. The van der Waals surface area contributed by atoms with Crippen LogP contribution in [0.3, 0.4) is 0 Å². The normalized spacial score (nSPS) is 21.2. The van der Waals surface area contributed by atoms with Crippen LogP contribution in [0.15, 0.2) is 78.9 Å². The highest BCUT2D eigenvalue weighted by Crippen LogP contribution is 2.43. The molecule has 3 heteroatoms. The molecule has 0 spiro atoms. The zero-order valence-corrected chi connectivity index (χ0v) is 17.4. The van der Waals surface area contributed by atoms with Gasteiger partial charge >= 0.3 is 0 Å². The Morgan fingerprint density at radius 1 is 1.03 bits per heavy atom. The molecule has 0 aromatic heterocycles. The third kappa shape index (κ3) is 3.73. The minimum atomic E-state index is -2.26. The highest BCUT2D eigenvalue weighted by molar-refractivity contribution is 5.47. The molecule has 1 saturated heterocycles. The van der Waals surface area contributed by atoms with Gasteiger partial charge in [-0.2, -0.15) is 5.26 Å². The van der Waals surface area contributed by atoms with E-state index in [1.165, 1.54) is 0 Å². The fraction of sp³-hybridized carbons (Fsp3) is 0.321. The van der Waals surface area contributed by atoms with E-state index in [0.717, 1.165) is 22.4 Å². The summed E-state index contributed by atoms with van der Waals surface area (Å²) in [5.41, 5.74) is 2.03. The number of fused-ring (bicyclic) bond motifs is 1. The van der Waals surface area contributed by atoms with Crippen LogP contribution in [0.25, 0.3) is 0 Å². The van der Waals surface area contributed by atoms with Crippen LogP contribution in [0.5, 0.6) is 5.75 Å². The summed E-state index contributed by atoms with van der Waals surface area (Å²) in [6, 6.07) is 27.1. The summed E-state index contributed by atoms with van der Waals surface area (Å²) < 4.78 is 41.1. The van der Waals surface area contributed by atoms with Crippen LogP contribution in [-0.4, -0.2) is 31.1 Å². The quantitative estimate of drug-likeness (QED) is 0.572. The Labute approximate surface area is 190 Å².